The molecular formula is C18H23N3O3S. The molecule has 0 saturated carbocycles. The molecule has 134 valence electrons. The highest BCUT2D eigenvalue weighted by molar-refractivity contribution is 7.09. The Labute approximate surface area is 151 Å². The lowest BCUT2D eigenvalue weighted by atomic mass is 10.2. The lowest BCUT2D eigenvalue weighted by Crippen LogP contribution is -2.30. The van der Waals surface area contributed by atoms with Gasteiger partial charge in [-0.1, -0.05) is 6.07 Å². The lowest BCUT2D eigenvalue weighted by molar-refractivity contribution is 0.0636. The van der Waals surface area contributed by atoms with Crippen molar-refractivity contribution >= 4 is 34.8 Å². The average molecular weight is 361 g/mol. The Morgan fingerprint density at radius 3 is 2.24 bits per heavy atom. The van der Waals surface area contributed by atoms with Gasteiger partial charge in [-0.05, 0) is 62.9 Å². The first-order valence-electron chi connectivity index (χ1n) is 7.99. The van der Waals surface area contributed by atoms with Crippen molar-refractivity contribution in [3.8, 4) is 0 Å². The fourth-order valence-electron chi connectivity index (χ4n) is 1.99. The highest BCUT2D eigenvalue weighted by Gasteiger charge is 2.16. The molecule has 3 N–H and O–H groups in total. The summed E-state index contributed by atoms with van der Waals surface area (Å²) in [5.74, 6) is 0. The third-order valence-electron chi connectivity index (χ3n) is 3.03. The molecule has 3 amide bonds. The van der Waals surface area contributed by atoms with Crippen LogP contribution in [0.4, 0.5) is 21.0 Å². The first-order valence-corrected chi connectivity index (χ1v) is 8.87. The van der Waals surface area contributed by atoms with Crippen molar-refractivity contribution in [2.75, 3.05) is 17.2 Å². The molecular weight excluding hydrogens is 338 g/mol. The lowest BCUT2D eigenvalue weighted by Gasteiger charge is -2.19. The number of ether oxygens (including phenoxy) is 1. The summed E-state index contributed by atoms with van der Waals surface area (Å²) in [6.45, 7) is 5.98. The van der Waals surface area contributed by atoms with Gasteiger partial charge in [0, 0.05) is 22.8 Å². The molecule has 0 aliphatic carbocycles. The monoisotopic (exact) mass is 361 g/mol. The van der Waals surface area contributed by atoms with Crippen LogP contribution in [0, 0.1) is 0 Å². The van der Waals surface area contributed by atoms with E-state index < -0.39 is 11.7 Å². The van der Waals surface area contributed by atoms with Crippen LogP contribution in [-0.4, -0.2) is 24.3 Å². The third-order valence-corrected chi connectivity index (χ3v) is 3.96. The summed E-state index contributed by atoms with van der Waals surface area (Å²) in [6, 6.07) is 10.6. The van der Waals surface area contributed by atoms with Crippen LogP contribution in [0.15, 0.2) is 41.8 Å². The largest absolute Gasteiger partial charge is 0.444 e. The maximum Gasteiger partial charge on any atom is 0.412 e. The van der Waals surface area contributed by atoms with Gasteiger partial charge in [-0.15, -0.1) is 11.3 Å². The molecule has 0 saturated heterocycles. The van der Waals surface area contributed by atoms with Crippen molar-refractivity contribution in [1.82, 2.24) is 5.32 Å². The van der Waals surface area contributed by atoms with Gasteiger partial charge in [-0.2, -0.15) is 0 Å². The predicted molar refractivity (Wildman–Crippen MR) is 101 cm³/mol. The maximum absolute atomic E-state index is 11.9. The predicted octanol–water partition coefficient (Wildman–Crippen LogP) is 4.46. The zero-order valence-electron chi connectivity index (χ0n) is 14.6. The highest BCUT2D eigenvalue weighted by Crippen LogP contribution is 2.15. The summed E-state index contributed by atoms with van der Waals surface area (Å²) >= 11 is 1.67. The van der Waals surface area contributed by atoms with E-state index in [1.165, 1.54) is 4.88 Å². The first kappa shape index (κ1) is 18.8. The summed E-state index contributed by atoms with van der Waals surface area (Å²) in [5, 5.41) is 10.2. The van der Waals surface area contributed by atoms with Crippen LogP contribution in [-0.2, 0) is 11.2 Å². The number of anilines is 2. The van der Waals surface area contributed by atoms with Crippen molar-refractivity contribution < 1.29 is 14.3 Å². The molecule has 2 rings (SSSR count). The van der Waals surface area contributed by atoms with E-state index in [0.29, 0.717) is 17.9 Å². The molecule has 0 atom stereocenters. The summed E-state index contributed by atoms with van der Waals surface area (Å²) < 4.78 is 5.18. The number of carbonyl (C=O) groups excluding carboxylic acids is 2. The number of rotatable bonds is 5. The Hall–Kier alpha value is -2.54. The molecule has 0 radical (unpaired) electrons. The van der Waals surface area contributed by atoms with Crippen molar-refractivity contribution in [3.63, 3.8) is 0 Å². The minimum absolute atomic E-state index is 0.260. The van der Waals surface area contributed by atoms with Crippen molar-refractivity contribution in [1.29, 1.82) is 0 Å². The summed E-state index contributed by atoms with van der Waals surface area (Å²) in [7, 11) is 0. The van der Waals surface area contributed by atoms with Crippen LogP contribution in [0.3, 0.4) is 0 Å². The molecule has 0 spiro atoms. The van der Waals surface area contributed by atoms with E-state index in [2.05, 4.69) is 16.0 Å². The van der Waals surface area contributed by atoms with Gasteiger partial charge >= 0.3 is 12.1 Å². The van der Waals surface area contributed by atoms with Crippen molar-refractivity contribution in [3.05, 3.63) is 46.7 Å². The van der Waals surface area contributed by atoms with Crippen molar-refractivity contribution in [2.45, 2.75) is 32.8 Å². The number of nitrogens with one attached hydrogen (secondary N) is 3. The van der Waals surface area contributed by atoms with E-state index in [-0.39, 0.29) is 6.03 Å². The quantitative estimate of drug-likeness (QED) is 0.735. The molecule has 0 aliphatic rings. The zero-order valence-corrected chi connectivity index (χ0v) is 15.4. The summed E-state index contributed by atoms with van der Waals surface area (Å²) in [4.78, 5) is 24.8. The van der Waals surface area contributed by atoms with Gasteiger partial charge in [-0.3, -0.25) is 5.32 Å². The number of amides is 3. The van der Waals surface area contributed by atoms with Crippen LogP contribution >= 0.6 is 11.3 Å². The molecule has 0 bridgehead atoms. The smallest absolute Gasteiger partial charge is 0.412 e. The molecule has 2 aromatic rings. The molecule has 0 fully saturated rings. The van der Waals surface area contributed by atoms with Crippen LogP contribution in [0.2, 0.25) is 0 Å². The summed E-state index contributed by atoms with van der Waals surface area (Å²) in [6.07, 6.45) is 0.295. The van der Waals surface area contributed by atoms with E-state index in [1.807, 2.05) is 17.5 Å². The number of urea groups is 1. The van der Waals surface area contributed by atoms with Crippen molar-refractivity contribution in [2.24, 2.45) is 0 Å². The van der Waals surface area contributed by atoms with E-state index in [9.17, 15) is 9.59 Å². The van der Waals surface area contributed by atoms with Gasteiger partial charge in [0.2, 0.25) is 0 Å². The molecule has 0 aliphatic heterocycles. The number of hydrogen-bond donors (Lipinski definition) is 3. The van der Waals surface area contributed by atoms with Crippen LogP contribution in [0.1, 0.15) is 25.6 Å². The zero-order chi connectivity index (χ0) is 18.3. The van der Waals surface area contributed by atoms with Gasteiger partial charge in [0.05, 0.1) is 0 Å². The normalized spacial score (nSPS) is 10.8. The molecule has 6 nitrogen and oxygen atoms in total. The molecule has 1 aromatic heterocycles. The molecule has 7 heteroatoms. The Bertz CT molecular complexity index is 691. The Morgan fingerprint density at radius 1 is 1.04 bits per heavy atom. The number of hydrogen-bond acceptors (Lipinski definition) is 4. The second-order valence-corrected chi connectivity index (χ2v) is 7.45. The summed E-state index contributed by atoms with van der Waals surface area (Å²) in [5.41, 5.74) is 0.688. The van der Waals surface area contributed by atoms with E-state index >= 15 is 0 Å². The maximum atomic E-state index is 11.9. The first-order chi connectivity index (χ1) is 11.8. The minimum Gasteiger partial charge on any atom is -0.444 e. The Balaban J connectivity index is 1.75. The third kappa shape index (κ3) is 7.26. The average Bonchev–Trinajstić information content (AvgIpc) is 3.00. The number of thiophene rings is 1. The van der Waals surface area contributed by atoms with Gasteiger partial charge in [0.15, 0.2) is 0 Å². The van der Waals surface area contributed by atoms with Crippen LogP contribution in [0.5, 0.6) is 0 Å². The second kappa shape index (κ2) is 8.53. The molecule has 25 heavy (non-hydrogen) atoms. The van der Waals surface area contributed by atoms with Crippen LogP contribution in [0.25, 0.3) is 0 Å². The minimum atomic E-state index is -0.549. The van der Waals surface area contributed by atoms with Gasteiger partial charge in [0.1, 0.15) is 5.60 Å². The van der Waals surface area contributed by atoms with Gasteiger partial charge in [0.25, 0.3) is 0 Å². The standard InChI is InChI=1S/C18H23N3O3S/c1-18(2,3)24-17(23)21-14-8-6-13(7-9-14)20-16(22)19-11-10-15-5-4-12-25-15/h4-9,12H,10-11H2,1-3H3,(H,21,23)(H2,19,20,22). The van der Waals surface area contributed by atoms with E-state index in [1.54, 1.807) is 56.4 Å². The highest BCUT2D eigenvalue weighted by atomic mass is 32.1. The number of carbonyl (C=O) groups is 2. The molecule has 1 aromatic carbocycles. The molecule has 0 unspecified atom stereocenters. The number of benzene rings is 1. The molecule has 1 heterocycles. The van der Waals surface area contributed by atoms with E-state index in [4.69, 9.17) is 4.74 Å². The Kier molecular flexibility index (Phi) is 6.41. The van der Waals surface area contributed by atoms with Crippen LogP contribution < -0.4 is 16.0 Å². The van der Waals surface area contributed by atoms with E-state index in [0.717, 1.165) is 6.42 Å². The van der Waals surface area contributed by atoms with Gasteiger partial charge < -0.3 is 15.4 Å². The topological polar surface area (TPSA) is 79.5 Å². The Morgan fingerprint density at radius 2 is 1.68 bits per heavy atom. The fraction of sp³-hybridized carbons (Fsp3) is 0.333. The second-order valence-electron chi connectivity index (χ2n) is 6.41. The van der Waals surface area contributed by atoms with Gasteiger partial charge in [-0.25, -0.2) is 9.59 Å². The fourth-order valence-corrected chi connectivity index (χ4v) is 2.70. The SMILES string of the molecule is CC(C)(C)OC(=O)Nc1ccc(NC(=O)NCCc2cccs2)cc1.